The summed E-state index contributed by atoms with van der Waals surface area (Å²) in [7, 11) is 1.56. The highest BCUT2D eigenvalue weighted by molar-refractivity contribution is 7.99. The molecule has 0 radical (unpaired) electrons. The summed E-state index contributed by atoms with van der Waals surface area (Å²) in [4.78, 5) is 25.5. The van der Waals surface area contributed by atoms with Crippen LogP contribution in [0.5, 0.6) is 0 Å². The highest BCUT2D eigenvalue weighted by atomic mass is 32.2. The lowest BCUT2D eigenvalue weighted by atomic mass is 10.3. The lowest BCUT2D eigenvalue weighted by molar-refractivity contribution is -0.140. The molecule has 1 fully saturated rings. The molecule has 6 nitrogen and oxygen atoms in total. The molecule has 2 N–H and O–H groups in total. The normalized spacial score (nSPS) is 21.9. The summed E-state index contributed by atoms with van der Waals surface area (Å²) in [5, 5.41) is 17.9. The van der Waals surface area contributed by atoms with Gasteiger partial charge in [0.1, 0.15) is 6.04 Å². The Kier molecular flexibility index (Phi) is 4.43. The molecule has 2 atom stereocenters. The molecule has 1 rings (SSSR count). The molecule has 0 saturated carbocycles. The number of nitrogens with zero attached hydrogens (tertiary/aromatic N) is 2. The van der Waals surface area contributed by atoms with Crippen molar-refractivity contribution in [3.8, 4) is 0 Å². The highest BCUT2D eigenvalue weighted by Crippen LogP contribution is 2.22. The van der Waals surface area contributed by atoms with Gasteiger partial charge >= 0.3 is 12.0 Å². The molecular weight excluding hydrogens is 232 g/mol. The van der Waals surface area contributed by atoms with Crippen LogP contribution < -0.4 is 0 Å². The van der Waals surface area contributed by atoms with Crippen LogP contribution in [0.3, 0.4) is 0 Å². The van der Waals surface area contributed by atoms with Crippen molar-refractivity contribution >= 4 is 23.8 Å². The van der Waals surface area contributed by atoms with E-state index in [9.17, 15) is 9.59 Å². The summed E-state index contributed by atoms with van der Waals surface area (Å²) in [6, 6.07) is -1.42. The molecule has 0 aromatic heterocycles. The van der Waals surface area contributed by atoms with Gasteiger partial charge in [0.2, 0.25) is 0 Å². The minimum absolute atomic E-state index is 0.138. The topological polar surface area (TPSA) is 81.1 Å². The monoisotopic (exact) mass is 248 g/mol. The molecule has 1 saturated heterocycles. The van der Waals surface area contributed by atoms with Crippen molar-refractivity contribution in [2.75, 3.05) is 25.3 Å². The van der Waals surface area contributed by atoms with Gasteiger partial charge in [-0.25, -0.2) is 9.59 Å². The third-order valence-electron chi connectivity index (χ3n) is 2.64. The van der Waals surface area contributed by atoms with Crippen molar-refractivity contribution in [1.82, 2.24) is 9.80 Å². The van der Waals surface area contributed by atoms with E-state index in [2.05, 4.69) is 0 Å². The number of hydrogen-bond donors (Lipinski definition) is 2. The van der Waals surface area contributed by atoms with E-state index in [-0.39, 0.29) is 18.7 Å². The van der Waals surface area contributed by atoms with Crippen LogP contribution in [-0.2, 0) is 4.79 Å². The third kappa shape index (κ3) is 2.59. The average Bonchev–Trinajstić information content (AvgIpc) is 2.74. The van der Waals surface area contributed by atoms with Crippen molar-refractivity contribution in [2.45, 2.75) is 19.0 Å². The summed E-state index contributed by atoms with van der Waals surface area (Å²) >= 11 is 1.42. The quantitative estimate of drug-likeness (QED) is 0.727. The van der Waals surface area contributed by atoms with E-state index in [0.717, 1.165) is 0 Å². The van der Waals surface area contributed by atoms with E-state index < -0.39 is 12.0 Å². The fourth-order valence-electron chi connectivity index (χ4n) is 1.35. The highest BCUT2D eigenvalue weighted by Gasteiger charge is 2.36. The number of aliphatic hydroxyl groups excluding tert-OH is 1. The molecule has 1 unspecified atom stereocenters. The van der Waals surface area contributed by atoms with Crippen LogP contribution in [0.2, 0.25) is 0 Å². The number of amides is 2. The van der Waals surface area contributed by atoms with Gasteiger partial charge in [-0.05, 0) is 6.92 Å². The first kappa shape index (κ1) is 13.1. The van der Waals surface area contributed by atoms with Gasteiger partial charge in [0.15, 0.2) is 0 Å². The molecule has 0 aromatic rings. The van der Waals surface area contributed by atoms with E-state index in [1.54, 1.807) is 14.0 Å². The molecule has 92 valence electrons. The number of likely N-dealkylation sites (N-methyl/N-ethyl adjacent to an activating group) is 1. The van der Waals surface area contributed by atoms with Crippen LogP contribution in [0.15, 0.2) is 0 Å². The number of hydrogen-bond acceptors (Lipinski definition) is 4. The van der Waals surface area contributed by atoms with Gasteiger partial charge in [-0.15, -0.1) is 11.8 Å². The van der Waals surface area contributed by atoms with E-state index in [1.807, 2.05) is 0 Å². The Labute approximate surface area is 98.2 Å². The van der Waals surface area contributed by atoms with Crippen molar-refractivity contribution in [2.24, 2.45) is 0 Å². The number of rotatable bonds is 3. The fourth-order valence-corrected chi connectivity index (χ4v) is 2.49. The summed E-state index contributed by atoms with van der Waals surface area (Å²) in [5.74, 6) is -0.177. The van der Waals surface area contributed by atoms with Gasteiger partial charge in [0.25, 0.3) is 0 Å². The van der Waals surface area contributed by atoms with Gasteiger partial charge < -0.3 is 20.0 Å². The van der Waals surface area contributed by atoms with E-state index in [1.165, 1.54) is 21.6 Å². The lowest BCUT2D eigenvalue weighted by Gasteiger charge is -2.30. The summed E-state index contributed by atoms with van der Waals surface area (Å²) in [6.45, 7) is 1.57. The smallest absolute Gasteiger partial charge is 0.327 e. The Bertz CT molecular complexity index is 287. The van der Waals surface area contributed by atoms with Crippen LogP contribution in [-0.4, -0.2) is 69.4 Å². The Morgan fingerprint density at radius 3 is 2.75 bits per heavy atom. The SMILES string of the molecule is CC(CO)N(C)C(=O)N1CSC[C@H]1C(=O)O. The number of carboxylic acids is 1. The maximum atomic E-state index is 11.9. The van der Waals surface area contributed by atoms with Gasteiger partial charge in [-0.2, -0.15) is 0 Å². The zero-order chi connectivity index (χ0) is 12.3. The second-order valence-electron chi connectivity index (χ2n) is 3.75. The number of thioether (sulfide) groups is 1. The van der Waals surface area contributed by atoms with Crippen molar-refractivity contribution < 1.29 is 19.8 Å². The Morgan fingerprint density at radius 1 is 1.62 bits per heavy atom. The number of urea groups is 1. The number of carbonyl (C=O) groups excluding carboxylic acids is 1. The number of aliphatic hydroxyl groups is 1. The molecule has 1 aliphatic heterocycles. The van der Waals surface area contributed by atoms with Crippen LogP contribution in [0.1, 0.15) is 6.92 Å². The third-order valence-corrected chi connectivity index (χ3v) is 3.65. The molecule has 0 aromatic carbocycles. The Hall–Kier alpha value is -0.950. The predicted molar refractivity (Wildman–Crippen MR) is 60.3 cm³/mol. The van der Waals surface area contributed by atoms with Crippen LogP contribution in [0, 0.1) is 0 Å². The molecule has 7 heteroatoms. The van der Waals surface area contributed by atoms with Crippen molar-refractivity contribution in [3.63, 3.8) is 0 Å². The van der Waals surface area contributed by atoms with Gasteiger partial charge in [-0.3, -0.25) is 0 Å². The summed E-state index contributed by atoms with van der Waals surface area (Å²) in [6.07, 6.45) is 0. The van der Waals surface area contributed by atoms with E-state index in [4.69, 9.17) is 10.2 Å². The molecule has 2 amide bonds. The fraction of sp³-hybridized carbons (Fsp3) is 0.778. The van der Waals surface area contributed by atoms with Crippen LogP contribution in [0.4, 0.5) is 4.79 Å². The maximum Gasteiger partial charge on any atom is 0.327 e. The molecule has 0 bridgehead atoms. The number of carboxylic acid groups (broad SMARTS) is 1. The minimum atomic E-state index is -0.983. The Morgan fingerprint density at radius 2 is 2.25 bits per heavy atom. The second kappa shape index (κ2) is 5.40. The first-order valence-corrected chi connectivity index (χ1v) is 6.09. The molecule has 16 heavy (non-hydrogen) atoms. The first-order valence-electron chi connectivity index (χ1n) is 4.94. The number of carbonyl (C=O) groups is 2. The van der Waals surface area contributed by atoms with E-state index in [0.29, 0.717) is 11.6 Å². The zero-order valence-electron chi connectivity index (χ0n) is 9.29. The van der Waals surface area contributed by atoms with E-state index >= 15 is 0 Å². The standard InChI is InChI=1S/C9H16N2O4S/c1-6(3-12)10(2)9(15)11-5-16-4-7(11)8(13)14/h6-7,12H,3-5H2,1-2H3,(H,13,14)/t6?,7-/m0/s1. The van der Waals surface area contributed by atoms with Crippen LogP contribution >= 0.6 is 11.8 Å². The van der Waals surface area contributed by atoms with Gasteiger partial charge in [0.05, 0.1) is 18.5 Å². The minimum Gasteiger partial charge on any atom is -0.480 e. The van der Waals surface area contributed by atoms with Crippen molar-refractivity contribution in [3.05, 3.63) is 0 Å². The van der Waals surface area contributed by atoms with Crippen molar-refractivity contribution in [1.29, 1.82) is 0 Å². The zero-order valence-corrected chi connectivity index (χ0v) is 10.1. The second-order valence-corrected chi connectivity index (χ2v) is 4.75. The molecule has 1 aliphatic rings. The Balaban J connectivity index is 2.69. The molecule has 1 heterocycles. The van der Waals surface area contributed by atoms with Gasteiger partial charge in [-0.1, -0.05) is 0 Å². The number of aliphatic carboxylic acids is 1. The molecular formula is C9H16N2O4S. The molecule has 0 aliphatic carbocycles. The maximum absolute atomic E-state index is 11.9. The lowest BCUT2D eigenvalue weighted by Crippen LogP contribution is -2.50. The first-order chi connectivity index (χ1) is 7.49. The largest absolute Gasteiger partial charge is 0.480 e. The summed E-state index contributed by atoms with van der Waals surface area (Å²) in [5.41, 5.74) is 0. The average molecular weight is 248 g/mol. The van der Waals surface area contributed by atoms with Gasteiger partial charge in [0, 0.05) is 12.8 Å². The molecule has 0 spiro atoms. The summed E-state index contributed by atoms with van der Waals surface area (Å²) < 4.78 is 0. The van der Waals surface area contributed by atoms with Crippen LogP contribution in [0.25, 0.3) is 0 Å². The predicted octanol–water partition coefficient (Wildman–Crippen LogP) is -0.121.